The molecule has 2 heterocycles. The third-order valence-electron chi connectivity index (χ3n) is 3.61. The summed E-state index contributed by atoms with van der Waals surface area (Å²) in [6, 6.07) is 0.0560. The molecule has 2 amide bonds. The Morgan fingerprint density at radius 3 is 2.90 bits per heavy atom. The van der Waals surface area contributed by atoms with Gasteiger partial charge in [-0.25, -0.2) is 0 Å². The van der Waals surface area contributed by atoms with E-state index in [4.69, 9.17) is 10.5 Å². The van der Waals surface area contributed by atoms with E-state index < -0.39 is 0 Å². The Morgan fingerprint density at radius 1 is 1.43 bits per heavy atom. The number of aromatic nitrogens is 2. The van der Waals surface area contributed by atoms with Crippen molar-refractivity contribution in [3.05, 3.63) is 12.4 Å². The standard InChI is InChI=1S/C13H19N5O3/c14-11-7-21-6-10(11)13(20)17-9-3-15-18(4-9)5-12(19)16-8-1-2-8/h3-4,8,10-11H,1-2,5-7,14H2,(H,16,19)(H,17,20). The fourth-order valence-corrected chi connectivity index (χ4v) is 2.24. The molecule has 8 heteroatoms. The second kappa shape index (κ2) is 5.82. The quantitative estimate of drug-likeness (QED) is 0.650. The predicted octanol–water partition coefficient (Wildman–Crippen LogP) is -0.926. The molecule has 1 aromatic rings. The van der Waals surface area contributed by atoms with Crippen molar-refractivity contribution in [2.24, 2.45) is 11.7 Å². The van der Waals surface area contributed by atoms with E-state index in [0.717, 1.165) is 12.8 Å². The summed E-state index contributed by atoms with van der Waals surface area (Å²) in [6.45, 7) is 0.891. The Balaban J connectivity index is 1.52. The van der Waals surface area contributed by atoms with Gasteiger partial charge in [0.2, 0.25) is 11.8 Å². The Morgan fingerprint density at radius 2 is 2.24 bits per heavy atom. The summed E-state index contributed by atoms with van der Waals surface area (Å²) in [4.78, 5) is 23.7. The number of rotatable bonds is 5. The molecule has 2 atom stereocenters. The molecule has 1 aliphatic heterocycles. The second-order valence-corrected chi connectivity index (χ2v) is 5.57. The Labute approximate surface area is 122 Å². The van der Waals surface area contributed by atoms with Gasteiger partial charge in [0, 0.05) is 18.3 Å². The first-order chi connectivity index (χ1) is 10.1. The summed E-state index contributed by atoms with van der Waals surface area (Å²) in [5, 5.41) is 9.69. The zero-order valence-electron chi connectivity index (χ0n) is 11.6. The number of carbonyl (C=O) groups excluding carboxylic acids is 2. The van der Waals surface area contributed by atoms with Crippen LogP contribution in [-0.4, -0.2) is 46.9 Å². The van der Waals surface area contributed by atoms with Gasteiger partial charge in [-0.1, -0.05) is 0 Å². The Hall–Kier alpha value is -1.93. The fourth-order valence-electron chi connectivity index (χ4n) is 2.24. The highest BCUT2D eigenvalue weighted by molar-refractivity contribution is 5.93. The van der Waals surface area contributed by atoms with Crippen LogP contribution in [0.4, 0.5) is 5.69 Å². The summed E-state index contributed by atoms with van der Waals surface area (Å²) in [7, 11) is 0. The molecule has 8 nitrogen and oxygen atoms in total. The molecule has 1 saturated heterocycles. The number of ether oxygens (including phenoxy) is 1. The monoisotopic (exact) mass is 293 g/mol. The van der Waals surface area contributed by atoms with Crippen molar-refractivity contribution in [1.82, 2.24) is 15.1 Å². The maximum Gasteiger partial charge on any atom is 0.241 e. The van der Waals surface area contributed by atoms with Gasteiger partial charge < -0.3 is 21.1 Å². The van der Waals surface area contributed by atoms with Crippen LogP contribution < -0.4 is 16.4 Å². The molecule has 21 heavy (non-hydrogen) atoms. The van der Waals surface area contributed by atoms with Gasteiger partial charge in [0.05, 0.1) is 31.0 Å². The summed E-state index contributed by atoms with van der Waals surface area (Å²) < 4.78 is 6.67. The average molecular weight is 293 g/mol. The molecule has 2 fully saturated rings. The molecule has 114 valence electrons. The van der Waals surface area contributed by atoms with E-state index in [1.165, 1.54) is 10.9 Å². The van der Waals surface area contributed by atoms with Crippen molar-refractivity contribution < 1.29 is 14.3 Å². The molecule has 2 unspecified atom stereocenters. The number of nitrogens with one attached hydrogen (secondary N) is 2. The number of amides is 2. The number of anilines is 1. The highest BCUT2D eigenvalue weighted by atomic mass is 16.5. The molecule has 3 rings (SSSR count). The Bertz CT molecular complexity index is 540. The molecule has 2 aliphatic rings. The molecule has 0 radical (unpaired) electrons. The lowest BCUT2D eigenvalue weighted by atomic mass is 10.0. The summed E-state index contributed by atoms with van der Waals surface area (Å²) >= 11 is 0. The minimum absolute atomic E-state index is 0.0651. The van der Waals surface area contributed by atoms with E-state index >= 15 is 0 Å². The summed E-state index contributed by atoms with van der Waals surface area (Å²) in [5.74, 6) is -0.585. The first-order valence-electron chi connectivity index (χ1n) is 7.08. The van der Waals surface area contributed by atoms with E-state index in [1.54, 1.807) is 6.20 Å². The lowest BCUT2D eigenvalue weighted by Gasteiger charge is -2.11. The second-order valence-electron chi connectivity index (χ2n) is 5.57. The van der Waals surface area contributed by atoms with Crippen LogP contribution in [0.15, 0.2) is 12.4 Å². The van der Waals surface area contributed by atoms with Crippen LogP contribution in [-0.2, 0) is 20.9 Å². The van der Waals surface area contributed by atoms with Crippen molar-refractivity contribution in [3.63, 3.8) is 0 Å². The highest BCUT2D eigenvalue weighted by Gasteiger charge is 2.31. The molecular weight excluding hydrogens is 274 g/mol. The maximum absolute atomic E-state index is 12.0. The van der Waals surface area contributed by atoms with Crippen LogP contribution in [0.2, 0.25) is 0 Å². The van der Waals surface area contributed by atoms with E-state index in [1.807, 2.05) is 0 Å². The van der Waals surface area contributed by atoms with E-state index in [2.05, 4.69) is 15.7 Å². The molecule has 1 saturated carbocycles. The van der Waals surface area contributed by atoms with Crippen molar-refractivity contribution in [2.75, 3.05) is 18.5 Å². The van der Waals surface area contributed by atoms with Crippen LogP contribution in [0.5, 0.6) is 0 Å². The van der Waals surface area contributed by atoms with Gasteiger partial charge in [-0.2, -0.15) is 5.10 Å². The van der Waals surface area contributed by atoms with Gasteiger partial charge in [0.15, 0.2) is 0 Å². The van der Waals surface area contributed by atoms with Crippen LogP contribution >= 0.6 is 0 Å². The number of nitrogens with two attached hydrogens (primary N) is 1. The summed E-state index contributed by atoms with van der Waals surface area (Å²) in [5.41, 5.74) is 6.35. The minimum Gasteiger partial charge on any atom is -0.379 e. The number of hydrogen-bond acceptors (Lipinski definition) is 5. The van der Waals surface area contributed by atoms with Gasteiger partial charge in [0.1, 0.15) is 6.54 Å². The normalized spacial score (nSPS) is 24.8. The van der Waals surface area contributed by atoms with Crippen LogP contribution in [0, 0.1) is 5.92 Å². The number of hydrogen-bond donors (Lipinski definition) is 3. The predicted molar refractivity (Wildman–Crippen MR) is 74.3 cm³/mol. The molecule has 0 aromatic carbocycles. The van der Waals surface area contributed by atoms with Crippen molar-refractivity contribution in [3.8, 4) is 0 Å². The lowest BCUT2D eigenvalue weighted by Crippen LogP contribution is -2.37. The van der Waals surface area contributed by atoms with Gasteiger partial charge in [-0.3, -0.25) is 14.3 Å². The lowest BCUT2D eigenvalue weighted by molar-refractivity contribution is -0.122. The zero-order chi connectivity index (χ0) is 14.8. The average Bonchev–Trinajstić information content (AvgIpc) is 2.95. The third kappa shape index (κ3) is 3.59. The van der Waals surface area contributed by atoms with Crippen LogP contribution in [0.1, 0.15) is 12.8 Å². The van der Waals surface area contributed by atoms with Crippen molar-refractivity contribution in [2.45, 2.75) is 31.5 Å². The number of nitrogens with zero attached hydrogens (tertiary/aromatic N) is 2. The van der Waals surface area contributed by atoms with E-state index in [-0.39, 0.29) is 30.3 Å². The smallest absolute Gasteiger partial charge is 0.241 e. The molecule has 0 bridgehead atoms. The van der Waals surface area contributed by atoms with Crippen molar-refractivity contribution in [1.29, 1.82) is 0 Å². The van der Waals surface area contributed by atoms with E-state index in [9.17, 15) is 9.59 Å². The zero-order valence-corrected chi connectivity index (χ0v) is 11.6. The van der Waals surface area contributed by atoms with Gasteiger partial charge >= 0.3 is 0 Å². The third-order valence-corrected chi connectivity index (χ3v) is 3.61. The van der Waals surface area contributed by atoms with Crippen molar-refractivity contribution >= 4 is 17.5 Å². The minimum atomic E-state index is -0.341. The topological polar surface area (TPSA) is 111 Å². The molecule has 4 N–H and O–H groups in total. The largest absolute Gasteiger partial charge is 0.379 e. The van der Waals surface area contributed by atoms with Crippen LogP contribution in [0.25, 0.3) is 0 Å². The molecule has 1 aliphatic carbocycles. The fraction of sp³-hybridized carbons (Fsp3) is 0.615. The molecule has 1 aromatic heterocycles. The summed E-state index contributed by atoms with van der Waals surface area (Å²) in [6.07, 6.45) is 5.25. The SMILES string of the molecule is NC1COCC1C(=O)Nc1cnn(CC(=O)NC2CC2)c1. The van der Waals surface area contributed by atoms with Gasteiger partial charge in [0.25, 0.3) is 0 Å². The number of carbonyl (C=O) groups is 2. The first-order valence-corrected chi connectivity index (χ1v) is 7.08. The van der Waals surface area contributed by atoms with Gasteiger partial charge in [-0.05, 0) is 12.8 Å². The Kier molecular flexibility index (Phi) is 3.89. The highest BCUT2D eigenvalue weighted by Crippen LogP contribution is 2.18. The van der Waals surface area contributed by atoms with Crippen LogP contribution in [0.3, 0.4) is 0 Å². The molecule has 0 spiro atoms. The molecular formula is C13H19N5O3. The van der Waals surface area contributed by atoms with Gasteiger partial charge in [-0.15, -0.1) is 0 Å². The first kappa shape index (κ1) is 14.0. The maximum atomic E-state index is 12.0. The van der Waals surface area contributed by atoms with E-state index in [0.29, 0.717) is 24.9 Å².